The third kappa shape index (κ3) is 5.23. The minimum atomic E-state index is -0.456. The number of rotatable bonds is 7. The number of methoxy groups -OCH3 is 1. The van der Waals surface area contributed by atoms with E-state index in [0.29, 0.717) is 17.7 Å². The zero-order valence-corrected chi connectivity index (χ0v) is 14.3. The predicted octanol–water partition coefficient (Wildman–Crippen LogP) is 4.33. The molecule has 2 rings (SSSR count). The number of carbonyl (C=O) groups excluding carboxylic acids is 1. The highest BCUT2D eigenvalue weighted by atomic mass is 32.2. The van der Waals surface area contributed by atoms with E-state index in [1.165, 1.54) is 43.1 Å². The Morgan fingerprint density at radius 3 is 2.54 bits per heavy atom. The summed E-state index contributed by atoms with van der Waals surface area (Å²) in [5.74, 6) is -0.0943. The molecule has 1 amide bonds. The zero-order chi connectivity index (χ0) is 17.5. The van der Waals surface area contributed by atoms with Crippen LogP contribution in [0.3, 0.4) is 0 Å². The van der Waals surface area contributed by atoms with Crippen LogP contribution in [0.25, 0.3) is 0 Å². The molecule has 2 aromatic carbocycles. The third-order valence-corrected chi connectivity index (χ3v) is 4.48. The number of benzene rings is 2. The quantitative estimate of drug-likeness (QED) is 0.755. The van der Waals surface area contributed by atoms with E-state index in [4.69, 9.17) is 4.74 Å². The lowest BCUT2D eigenvalue weighted by atomic mass is 10.1. The fourth-order valence-corrected chi connectivity index (χ4v) is 2.99. The maximum absolute atomic E-state index is 13.7. The Morgan fingerprint density at radius 2 is 1.92 bits per heavy atom. The van der Waals surface area contributed by atoms with Gasteiger partial charge in [0, 0.05) is 17.1 Å². The summed E-state index contributed by atoms with van der Waals surface area (Å²) in [6.07, 6.45) is 0.324. The summed E-state index contributed by atoms with van der Waals surface area (Å²) in [5, 5.41) is 2.84. The highest BCUT2D eigenvalue weighted by Gasteiger charge is 2.12. The van der Waals surface area contributed by atoms with Crippen LogP contribution in [-0.2, 0) is 4.79 Å². The van der Waals surface area contributed by atoms with Crippen molar-refractivity contribution >= 4 is 17.7 Å². The lowest BCUT2D eigenvalue weighted by Crippen LogP contribution is -2.26. The van der Waals surface area contributed by atoms with Gasteiger partial charge < -0.3 is 10.1 Å². The van der Waals surface area contributed by atoms with E-state index in [0.717, 1.165) is 4.90 Å². The SMILES string of the molecule is COc1ccc([C@@H](C)NC(=O)CCSc2ccc(F)cc2)cc1F. The Hall–Kier alpha value is -2.08. The second kappa shape index (κ2) is 8.68. The van der Waals surface area contributed by atoms with E-state index < -0.39 is 5.82 Å². The first-order chi connectivity index (χ1) is 11.5. The molecule has 0 saturated carbocycles. The Labute approximate surface area is 144 Å². The number of nitrogens with one attached hydrogen (secondary N) is 1. The van der Waals surface area contributed by atoms with Gasteiger partial charge in [0.2, 0.25) is 5.91 Å². The van der Waals surface area contributed by atoms with Gasteiger partial charge in [-0.15, -0.1) is 11.8 Å². The first-order valence-electron chi connectivity index (χ1n) is 7.50. The van der Waals surface area contributed by atoms with Gasteiger partial charge in [-0.1, -0.05) is 6.07 Å². The summed E-state index contributed by atoms with van der Waals surface area (Å²) in [7, 11) is 1.40. The van der Waals surface area contributed by atoms with Crippen molar-refractivity contribution in [1.82, 2.24) is 5.32 Å². The molecule has 128 valence electrons. The summed E-state index contributed by atoms with van der Waals surface area (Å²) in [6, 6.07) is 10.5. The lowest BCUT2D eigenvalue weighted by molar-refractivity contribution is -0.121. The Kier molecular flexibility index (Phi) is 6.61. The van der Waals surface area contributed by atoms with E-state index in [2.05, 4.69) is 5.32 Å². The number of halogens is 2. The summed E-state index contributed by atoms with van der Waals surface area (Å²) < 4.78 is 31.4. The third-order valence-electron chi connectivity index (χ3n) is 3.46. The average Bonchev–Trinajstić information content (AvgIpc) is 2.56. The average molecular weight is 351 g/mol. The minimum absolute atomic E-state index is 0.117. The van der Waals surface area contributed by atoms with Crippen LogP contribution in [0.5, 0.6) is 5.75 Å². The molecule has 0 heterocycles. The van der Waals surface area contributed by atoms with Gasteiger partial charge in [-0.2, -0.15) is 0 Å². The molecular weight excluding hydrogens is 332 g/mol. The van der Waals surface area contributed by atoms with Crippen molar-refractivity contribution in [2.45, 2.75) is 24.3 Å². The normalized spacial score (nSPS) is 11.8. The second-order valence-electron chi connectivity index (χ2n) is 5.24. The monoisotopic (exact) mass is 351 g/mol. The molecule has 0 unspecified atom stereocenters. The molecule has 0 aliphatic rings. The van der Waals surface area contributed by atoms with Gasteiger partial charge in [-0.25, -0.2) is 8.78 Å². The summed E-state index contributed by atoms with van der Waals surface area (Å²) in [6.45, 7) is 1.80. The molecule has 24 heavy (non-hydrogen) atoms. The van der Waals surface area contributed by atoms with Crippen molar-refractivity contribution in [3.05, 3.63) is 59.7 Å². The Balaban J connectivity index is 1.81. The van der Waals surface area contributed by atoms with Crippen LogP contribution in [0.15, 0.2) is 47.4 Å². The fourth-order valence-electron chi connectivity index (χ4n) is 2.14. The molecular formula is C18H19F2NO2S. The molecule has 1 atom stereocenters. The highest BCUT2D eigenvalue weighted by molar-refractivity contribution is 7.99. The number of hydrogen-bond donors (Lipinski definition) is 1. The highest BCUT2D eigenvalue weighted by Crippen LogP contribution is 2.22. The molecule has 0 fully saturated rings. The molecule has 1 N–H and O–H groups in total. The molecule has 0 spiro atoms. The Morgan fingerprint density at radius 1 is 1.21 bits per heavy atom. The maximum atomic E-state index is 13.7. The van der Waals surface area contributed by atoms with Crippen molar-refractivity contribution < 1.29 is 18.3 Å². The van der Waals surface area contributed by atoms with E-state index in [1.54, 1.807) is 25.1 Å². The van der Waals surface area contributed by atoms with Gasteiger partial charge >= 0.3 is 0 Å². The van der Waals surface area contributed by atoms with Crippen LogP contribution in [0, 0.1) is 11.6 Å². The number of ether oxygens (including phenoxy) is 1. The van der Waals surface area contributed by atoms with Gasteiger partial charge in [0.05, 0.1) is 13.2 Å². The molecule has 0 bridgehead atoms. The lowest BCUT2D eigenvalue weighted by Gasteiger charge is -2.15. The minimum Gasteiger partial charge on any atom is -0.494 e. The van der Waals surface area contributed by atoms with Gasteiger partial charge in [-0.05, 0) is 48.9 Å². The largest absolute Gasteiger partial charge is 0.494 e. The maximum Gasteiger partial charge on any atom is 0.221 e. The van der Waals surface area contributed by atoms with Crippen molar-refractivity contribution in [3.8, 4) is 5.75 Å². The Bertz CT molecular complexity index is 692. The number of hydrogen-bond acceptors (Lipinski definition) is 3. The number of carbonyl (C=O) groups is 1. The first kappa shape index (κ1) is 18.3. The smallest absolute Gasteiger partial charge is 0.221 e. The molecule has 0 aliphatic carbocycles. The van der Waals surface area contributed by atoms with Gasteiger partial charge in [0.1, 0.15) is 5.82 Å². The van der Waals surface area contributed by atoms with Gasteiger partial charge in [0.15, 0.2) is 11.6 Å². The van der Waals surface area contributed by atoms with E-state index in [9.17, 15) is 13.6 Å². The van der Waals surface area contributed by atoms with Crippen molar-refractivity contribution in [3.63, 3.8) is 0 Å². The summed E-state index contributed by atoms with van der Waals surface area (Å²) in [4.78, 5) is 12.9. The van der Waals surface area contributed by atoms with E-state index in [-0.39, 0.29) is 23.5 Å². The zero-order valence-electron chi connectivity index (χ0n) is 13.5. The van der Waals surface area contributed by atoms with E-state index in [1.807, 2.05) is 0 Å². The van der Waals surface area contributed by atoms with Gasteiger partial charge in [-0.3, -0.25) is 4.79 Å². The number of thioether (sulfide) groups is 1. The van der Waals surface area contributed by atoms with E-state index >= 15 is 0 Å². The molecule has 2 aromatic rings. The summed E-state index contributed by atoms with van der Waals surface area (Å²) >= 11 is 1.48. The van der Waals surface area contributed by atoms with Crippen LogP contribution in [0.2, 0.25) is 0 Å². The van der Waals surface area contributed by atoms with Crippen molar-refractivity contribution in [2.24, 2.45) is 0 Å². The van der Waals surface area contributed by atoms with Crippen LogP contribution in [0.4, 0.5) is 8.78 Å². The molecule has 0 radical (unpaired) electrons. The van der Waals surface area contributed by atoms with Crippen molar-refractivity contribution in [1.29, 1.82) is 0 Å². The standard InChI is InChI=1S/C18H19F2NO2S/c1-12(13-3-8-17(23-2)16(20)11-13)21-18(22)9-10-24-15-6-4-14(19)5-7-15/h3-8,11-12H,9-10H2,1-2H3,(H,21,22)/t12-/m1/s1. The van der Waals surface area contributed by atoms with Crippen LogP contribution in [0.1, 0.15) is 24.9 Å². The second-order valence-corrected chi connectivity index (χ2v) is 6.40. The molecule has 6 heteroatoms. The summed E-state index contributed by atoms with van der Waals surface area (Å²) in [5.41, 5.74) is 0.674. The number of amides is 1. The predicted molar refractivity (Wildman–Crippen MR) is 91.3 cm³/mol. The van der Waals surface area contributed by atoms with Gasteiger partial charge in [0.25, 0.3) is 0 Å². The first-order valence-corrected chi connectivity index (χ1v) is 8.49. The van der Waals surface area contributed by atoms with Crippen molar-refractivity contribution in [2.75, 3.05) is 12.9 Å². The van der Waals surface area contributed by atoms with Crippen LogP contribution in [-0.4, -0.2) is 18.8 Å². The topological polar surface area (TPSA) is 38.3 Å². The van der Waals surface area contributed by atoms with Crippen LogP contribution < -0.4 is 10.1 Å². The fraction of sp³-hybridized carbons (Fsp3) is 0.278. The molecule has 0 aromatic heterocycles. The molecule has 0 saturated heterocycles. The van der Waals surface area contributed by atoms with Crippen LogP contribution >= 0.6 is 11.8 Å². The molecule has 0 aliphatic heterocycles. The molecule has 3 nitrogen and oxygen atoms in total.